The molecule has 0 fully saturated rings. The van der Waals surface area contributed by atoms with E-state index >= 15 is 0 Å². The number of rotatable bonds is 9. The van der Waals surface area contributed by atoms with Gasteiger partial charge in [0.05, 0.1) is 31.1 Å². The quantitative estimate of drug-likeness (QED) is 0.0752. The number of carboxylic acids is 1. The largest absolute Gasteiger partial charge is 0.477 e. The molecule has 16 nitrogen and oxygen atoms in total. The Kier molecular flexibility index (Phi) is 13.1. The Morgan fingerprint density at radius 3 is 1.89 bits per heavy atom. The maximum atomic E-state index is 12.2. The fraction of sp³-hybridized carbons (Fsp3) is 0.143. The van der Waals surface area contributed by atoms with E-state index in [0.717, 1.165) is 22.5 Å². The minimum Gasteiger partial charge on any atom is -0.477 e. The summed E-state index contributed by atoms with van der Waals surface area (Å²) in [6.45, 7) is 18.9. The number of aromatic amines is 3. The van der Waals surface area contributed by atoms with Gasteiger partial charge in [-0.15, -0.1) is 0 Å². The molecule has 0 radical (unpaired) electrons. The van der Waals surface area contributed by atoms with Gasteiger partial charge in [-0.2, -0.15) is 20.4 Å². The summed E-state index contributed by atoms with van der Waals surface area (Å²) in [6, 6.07) is 16.6. The number of benzene rings is 2. The van der Waals surface area contributed by atoms with Crippen LogP contribution in [0.5, 0.6) is 0 Å². The van der Waals surface area contributed by atoms with E-state index in [0.29, 0.717) is 28.0 Å². The monoisotopic (exact) mass is 753 g/mol. The van der Waals surface area contributed by atoms with Gasteiger partial charge < -0.3 is 10.4 Å². The van der Waals surface area contributed by atoms with E-state index in [1.165, 1.54) is 26.0 Å². The fourth-order valence-electron chi connectivity index (χ4n) is 4.41. The Morgan fingerprint density at radius 1 is 0.830 bits per heavy atom. The van der Waals surface area contributed by atoms with Crippen molar-refractivity contribution in [1.82, 2.24) is 45.7 Å². The number of aromatic carboxylic acids is 1. The zero-order chi connectivity index (χ0) is 38.7. The third kappa shape index (κ3) is 10.6. The average molecular weight is 755 g/mol. The predicted octanol–water partition coefficient (Wildman–Crippen LogP) is 7.09. The molecule has 0 spiro atoms. The zero-order valence-electron chi connectivity index (χ0n) is 28.2. The van der Waals surface area contributed by atoms with Crippen LogP contribution in [0.1, 0.15) is 62.7 Å². The summed E-state index contributed by atoms with van der Waals surface area (Å²) >= 11 is 12.0. The van der Waals surface area contributed by atoms with Gasteiger partial charge in [0, 0.05) is 54.0 Å². The molecular formula is C35H29Cl2N11O5. The van der Waals surface area contributed by atoms with Gasteiger partial charge in [0.15, 0.2) is 11.6 Å². The van der Waals surface area contributed by atoms with Crippen molar-refractivity contribution >= 4 is 58.0 Å². The van der Waals surface area contributed by atoms with Crippen LogP contribution in [0, 0.1) is 13.1 Å². The maximum absolute atomic E-state index is 12.2. The standard InChI is InChI=1S/C19H17ClN6O2.C10H6ClN3.C6H6N2O3/c1-11(22-19(28)18-9-17(12(2)27)23-24-18)10-26-7-6-15(25-26)13-4-5-16(21-3)14(20)8-13;1-12-10-3-2-7(6-8(10)11)9-4-5-13-14-9;1-3(9)4-2-5(6(10)11)8-7-4/h4-9,11H,10H2,1-2H3,(H,22,28)(H,23,24);2-6H,(H,13,14);2H,1H3,(H,7,8)(H,10,11)/t11-;;/m0../s1. The summed E-state index contributed by atoms with van der Waals surface area (Å²) in [5, 5.41) is 35.3. The van der Waals surface area contributed by atoms with Gasteiger partial charge in [-0.1, -0.05) is 47.5 Å². The van der Waals surface area contributed by atoms with Crippen LogP contribution < -0.4 is 5.32 Å². The number of nitrogens with one attached hydrogen (secondary N) is 4. The molecule has 0 unspecified atom stereocenters. The van der Waals surface area contributed by atoms with Gasteiger partial charge in [0.25, 0.3) is 5.91 Å². The lowest BCUT2D eigenvalue weighted by molar-refractivity contribution is 0.0689. The molecule has 6 aromatic rings. The summed E-state index contributed by atoms with van der Waals surface area (Å²) in [5.41, 5.74) is 4.73. The number of amides is 1. The summed E-state index contributed by atoms with van der Waals surface area (Å²) in [7, 11) is 0. The number of halogens is 2. The van der Waals surface area contributed by atoms with Crippen molar-refractivity contribution in [3.63, 3.8) is 0 Å². The summed E-state index contributed by atoms with van der Waals surface area (Å²) in [4.78, 5) is 51.0. The number of ketones is 2. The zero-order valence-corrected chi connectivity index (χ0v) is 29.7. The molecule has 5 N–H and O–H groups in total. The first kappa shape index (κ1) is 38.9. The number of carbonyl (C=O) groups excluding carboxylic acids is 3. The molecule has 6 rings (SSSR count). The Labute approximate surface area is 311 Å². The van der Waals surface area contributed by atoms with Crippen LogP contribution in [0.2, 0.25) is 10.0 Å². The second-order valence-electron chi connectivity index (χ2n) is 11.1. The van der Waals surface area contributed by atoms with E-state index in [1.54, 1.807) is 47.4 Å². The molecule has 0 aliphatic heterocycles. The SMILES string of the molecule is CC(=O)c1cc(C(=O)O)[nH]n1.[C-]#[N+]c1ccc(-c2ccn(C[C@H](C)NC(=O)c3cc(C(C)=O)n[nH]3)n2)cc1Cl.[C-]#[N+]c1ccc(-c2ccn[nH]2)cc1Cl. The van der Waals surface area contributed by atoms with Gasteiger partial charge in [-0.3, -0.25) is 34.4 Å². The number of carboxylic acid groups (broad SMARTS) is 1. The second-order valence-corrected chi connectivity index (χ2v) is 11.9. The summed E-state index contributed by atoms with van der Waals surface area (Å²) in [6.07, 6.45) is 3.48. The molecule has 268 valence electrons. The van der Waals surface area contributed by atoms with Crippen LogP contribution >= 0.6 is 23.2 Å². The minimum atomic E-state index is -1.12. The van der Waals surface area contributed by atoms with Crippen LogP contribution in [0.25, 0.3) is 32.2 Å². The van der Waals surface area contributed by atoms with Crippen molar-refractivity contribution in [3.05, 3.63) is 129 Å². The van der Waals surface area contributed by atoms with Crippen molar-refractivity contribution in [2.75, 3.05) is 0 Å². The third-order valence-electron chi connectivity index (χ3n) is 7.08. The molecule has 0 aliphatic carbocycles. The van der Waals surface area contributed by atoms with Crippen molar-refractivity contribution in [3.8, 4) is 22.5 Å². The number of hydrogen-bond donors (Lipinski definition) is 5. The number of hydrogen-bond acceptors (Lipinski definition) is 8. The number of nitrogens with zero attached hydrogens (tertiary/aromatic N) is 7. The van der Waals surface area contributed by atoms with Crippen molar-refractivity contribution in [2.45, 2.75) is 33.4 Å². The molecule has 1 atom stereocenters. The second kappa shape index (κ2) is 17.9. The van der Waals surface area contributed by atoms with Gasteiger partial charge in [0.2, 0.25) is 11.4 Å². The summed E-state index contributed by atoms with van der Waals surface area (Å²) < 4.78 is 1.71. The van der Waals surface area contributed by atoms with Crippen LogP contribution in [0.15, 0.2) is 73.1 Å². The lowest BCUT2D eigenvalue weighted by Gasteiger charge is -2.13. The fourth-order valence-corrected chi connectivity index (χ4v) is 4.86. The van der Waals surface area contributed by atoms with E-state index in [-0.39, 0.29) is 46.3 Å². The van der Waals surface area contributed by atoms with Crippen molar-refractivity contribution in [1.29, 1.82) is 0 Å². The molecule has 1 amide bonds. The first-order valence-electron chi connectivity index (χ1n) is 15.3. The Bertz CT molecular complexity index is 2320. The molecule has 18 heteroatoms. The molecule has 53 heavy (non-hydrogen) atoms. The van der Waals surface area contributed by atoms with E-state index in [1.807, 2.05) is 25.1 Å². The first-order chi connectivity index (χ1) is 25.3. The topological polar surface area (TPSA) is 213 Å². The molecule has 0 saturated carbocycles. The number of Topliss-reactive ketones (excluding diaryl/α,β-unsaturated/α-hetero) is 2. The highest BCUT2D eigenvalue weighted by Gasteiger charge is 2.16. The molecule has 4 aromatic heterocycles. The first-order valence-corrected chi connectivity index (χ1v) is 16.1. The van der Waals surface area contributed by atoms with E-state index in [4.69, 9.17) is 41.5 Å². The lowest BCUT2D eigenvalue weighted by atomic mass is 10.1. The highest BCUT2D eigenvalue weighted by atomic mass is 35.5. The molecule has 4 heterocycles. The molecule has 0 bridgehead atoms. The van der Waals surface area contributed by atoms with Crippen molar-refractivity contribution < 1.29 is 24.3 Å². The normalized spacial score (nSPS) is 10.7. The molecular weight excluding hydrogens is 725 g/mol. The number of aromatic nitrogens is 8. The van der Waals surface area contributed by atoms with E-state index in [2.05, 4.69) is 50.7 Å². The summed E-state index contributed by atoms with van der Waals surface area (Å²) in [5.74, 6) is -1.93. The van der Waals surface area contributed by atoms with Gasteiger partial charge >= 0.3 is 5.97 Å². The smallest absolute Gasteiger partial charge is 0.353 e. The van der Waals surface area contributed by atoms with Crippen LogP contribution in [0.4, 0.5) is 11.4 Å². The van der Waals surface area contributed by atoms with Crippen LogP contribution in [-0.4, -0.2) is 75.0 Å². The van der Waals surface area contributed by atoms with Crippen molar-refractivity contribution in [2.24, 2.45) is 0 Å². The number of H-pyrrole nitrogens is 3. The average Bonchev–Trinajstić information content (AvgIpc) is 3.96. The predicted molar refractivity (Wildman–Crippen MR) is 195 cm³/mol. The Balaban J connectivity index is 0.000000207. The molecule has 0 aliphatic rings. The lowest BCUT2D eigenvalue weighted by Crippen LogP contribution is -2.36. The molecule has 2 aromatic carbocycles. The molecule has 0 saturated heterocycles. The number of carbonyl (C=O) groups is 4. The minimum absolute atomic E-state index is 0.0739. The van der Waals surface area contributed by atoms with E-state index < -0.39 is 5.97 Å². The van der Waals surface area contributed by atoms with Gasteiger partial charge in [0.1, 0.15) is 22.8 Å². The third-order valence-corrected chi connectivity index (χ3v) is 7.68. The van der Waals surface area contributed by atoms with Gasteiger partial charge in [-0.05, 0) is 42.8 Å². The van der Waals surface area contributed by atoms with E-state index in [9.17, 15) is 19.2 Å². The maximum Gasteiger partial charge on any atom is 0.353 e. The Morgan fingerprint density at radius 2 is 1.40 bits per heavy atom. The Hall–Kier alpha value is -6.88. The van der Waals surface area contributed by atoms with Crippen LogP contribution in [0.3, 0.4) is 0 Å². The highest BCUT2D eigenvalue weighted by molar-refractivity contribution is 6.34. The highest BCUT2D eigenvalue weighted by Crippen LogP contribution is 2.30. The van der Waals surface area contributed by atoms with Crippen LogP contribution in [-0.2, 0) is 6.54 Å². The van der Waals surface area contributed by atoms with Gasteiger partial charge in [-0.25, -0.2) is 14.5 Å².